The van der Waals surface area contributed by atoms with Gasteiger partial charge in [-0.3, -0.25) is 4.79 Å². The van der Waals surface area contributed by atoms with E-state index >= 15 is 0 Å². The number of rotatable bonds is 7. The highest BCUT2D eigenvalue weighted by atomic mass is 32.2. The number of allylic oxidation sites excluding steroid dienone is 1. The largest absolute Gasteiger partial charge is 0.493 e. The van der Waals surface area contributed by atoms with E-state index in [1.807, 2.05) is 30.3 Å². The summed E-state index contributed by atoms with van der Waals surface area (Å²) in [7, 11) is 1.32. The second kappa shape index (κ2) is 9.80. The highest BCUT2D eigenvalue weighted by Crippen LogP contribution is 2.36. The van der Waals surface area contributed by atoms with E-state index < -0.39 is 5.97 Å². The predicted molar refractivity (Wildman–Crippen MR) is 110 cm³/mol. The van der Waals surface area contributed by atoms with Crippen molar-refractivity contribution < 1.29 is 19.1 Å². The van der Waals surface area contributed by atoms with Gasteiger partial charge in [-0.1, -0.05) is 30.3 Å². The van der Waals surface area contributed by atoms with Gasteiger partial charge in [0.25, 0.3) is 0 Å². The van der Waals surface area contributed by atoms with Crippen LogP contribution in [-0.2, 0) is 9.53 Å². The van der Waals surface area contributed by atoms with Gasteiger partial charge < -0.3 is 14.8 Å². The summed E-state index contributed by atoms with van der Waals surface area (Å²) in [5.74, 6) is 0.446. The van der Waals surface area contributed by atoms with E-state index in [0.29, 0.717) is 28.5 Å². The lowest BCUT2D eigenvalue weighted by atomic mass is 9.87. The number of carbonyl (C=O) groups is 2. The zero-order valence-electron chi connectivity index (χ0n) is 15.9. The van der Waals surface area contributed by atoms with Crippen LogP contribution in [0.2, 0.25) is 0 Å². The number of hydrogen-bond acceptors (Lipinski definition) is 6. The Morgan fingerprint density at radius 3 is 2.59 bits per heavy atom. The third kappa shape index (κ3) is 5.18. The molecule has 0 unspecified atom stereocenters. The third-order valence-electron chi connectivity index (χ3n) is 4.43. The first kappa shape index (κ1) is 20.5. The second-order valence-corrected chi connectivity index (χ2v) is 7.39. The van der Waals surface area contributed by atoms with Crippen LogP contribution in [0.4, 0.5) is 0 Å². The summed E-state index contributed by atoms with van der Waals surface area (Å²) in [5, 5.41) is 13.1. The van der Waals surface area contributed by atoms with E-state index in [-0.39, 0.29) is 18.2 Å². The van der Waals surface area contributed by atoms with Gasteiger partial charge in [-0.2, -0.15) is 5.26 Å². The number of thioether (sulfide) groups is 1. The van der Waals surface area contributed by atoms with Gasteiger partial charge >= 0.3 is 5.97 Å². The van der Waals surface area contributed by atoms with Gasteiger partial charge in [-0.25, -0.2) is 4.79 Å². The molecule has 0 saturated carbocycles. The summed E-state index contributed by atoms with van der Waals surface area (Å²) in [6.45, 7) is 0.450. The van der Waals surface area contributed by atoms with Crippen molar-refractivity contribution in [3.05, 3.63) is 76.3 Å². The van der Waals surface area contributed by atoms with Gasteiger partial charge in [0.15, 0.2) is 0 Å². The minimum Gasteiger partial charge on any atom is -0.493 e. The number of hydrogen-bond donors (Lipinski definition) is 1. The Balaban J connectivity index is 1.71. The number of para-hydroxylation sites is 1. The Labute approximate surface area is 173 Å². The highest BCUT2D eigenvalue weighted by Gasteiger charge is 2.29. The molecule has 1 N–H and O–H groups in total. The van der Waals surface area contributed by atoms with Crippen LogP contribution in [-0.4, -0.2) is 31.3 Å². The number of nitriles is 1. The van der Waals surface area contributed by atoms with Crippen molar-refractivity contribution in [2.75, 3.05) is 19.5 Å². The van der Waals surface area contributed by atoms with Gasteiger partial charge in [0.2, 0.25) is 5.91 Å². The zero-order chi connectivity index (χ0) is 20.6. The maximum absolute atomic E-state index is 12.2. The lowest BCUT2D eigenvalue weighted by Crippen LogP contribution is -2.31. The summed E-state index contributed by atoms with van der Waals surface area (Å²) < 4.78 is 10.4. The predicted octanol–water partition coefficient (Wildman–Crippen LogP) is 3.62. The average Bonchev–Trinajstić information content (AvgIpc) is 2.76. The van der Waals surface area contributed by atoms with Crippen LogP contribution in [0.3, 0.4) is 0 Å². The van der Waals surface area contributed by atoms with Crippen molar-refractivity contribution in [2.24, 2.45) is 0 Å². The van der Waals surface area contributed by atoms with Crippen LogP contribution >= 0.6 is 11.8 Å². The summed E-state index contributed by atoms with van der Waals surface area (Å²) in [5.41, 5.74) is 1.74. The Kier molecular flexibility index (Phi) is 6.93. The van der Waals surface area contributed by atoms with E-state index in [9.17, 15) is 14.9 Å². The highest BCUT2D eigenvalue weighted by molar-refractivity contribution is 8.03. The van der Waals surface area contributed by atoms with Gasteiger partial charge in [0, 0.05) is 18.1 Å². The number of esters is 1. The molecule has 0 saturated heterocycles. The molecule has 0 radical (unpaired) electrons. The molecule has 7 heteroatoms. The van der Waals surface area contributed by atoms with Crippen LogP contribution in [0.5, 0.6) is 5.75 Å². The van der Waals surface area contributed by atoms with Crippen LogP contribution in [0.1, 0.15) is 28.3 Å². The number of benzene rings is 2. The summed E-state index contributed by atoms with van der Waals surface area (Å²) in [6, 6.07) is 18.5. The van der Waals surface area contributed by atoms with E-state index in [4.69, 9.17) is 9.47 Å². The topological polar surface area (TPSA) is 88.4 Å². The molecule has 1 aliphatic heterocycles. The molecule has 0 aromatic heterocycles. The lowest BCUT2D eigenvalue weighted by Gasteiger charge is -2.25. The molecule has 0 aliphatic carbocycles. The molecule has 1 heterocycles. The Morgan fingerprint density at radius 2 is 1.93 bits per heavy atom. The number of methoxy groups -OCH3 is 1. The van der Waals surface area contributed by atoms with E-state index in [2.05, 4.69) is 11.4 Å². The molecule has 0 fully saturated rings. The summed E-state index contributed by atoms with van der Waals surface area (Å²) in [6.07, 6.45) is 0.186. The van der Waals surface area contributed by atoms with E-state index in [1.54, 1.807) is 24.3 Å². The van der Waals surface area contributed by atoms with Gasteiger partial charge in [0.1, 0.15) is 5.75 Å². The first-order chi connectivity index (χ1) is 14.1. The fraction of sp³-hybridized carbons (Fsp3) is 0.227. The molecule has 0 spiro atoms. The Bertz CT molecular complexity index is 949. The fourth-order valence-electron chi connectivity index (χ4n) is 3.01. The SMILES string of the molecule is COC(=O)c1ccc([C@H]2CC(=O)NC(SCCOc3ccccc3)=C2C#N)cc1. The Hall–Kier alpha value is -3.24. The first-order valence-electron chi connectivity index (χ1n) is 9.05. The standard InChI is InChI=1S/C22H20N2O4S/c1-27-22(26)16-9-7-15(8-10-16)18-13-20(25)24-21(19(18)14-23)29-12-11-28-17-5-3-2-4-6-17/h2-10,18H,11-13H2,1H3,(H,24,25)/t18-/m1/s1. The molecule has 1 atom stereocenters. The molecule has 29 heavy (non-hydrogen) atoms. The third-order valence-corrected chi connectivity index (χ3v) is 5.41. The maximum atomic E-state index is 12.2. The lowest BCUT2D eigenvalue weighted by molar-refractivity contribution is -0.120. The first-order valence-corrected chi connectivity index (χ1v) is 10.0. The minimum atomic E-state index is -0.427. The van der Waals surface area contributed by atoms with E-state index in [1.165, 1.54) is 18.9 Å². The second-order valence-electron chi connectivity index (χ2n) is 6.28. The molecule has 2 aromatic rings. The number of nitrogens with one attached hydrogen (secondary N) is 1. The molecular formula is C22H20N2O4S. The maximum Gasteiger partial charge on any atom is 0.337 e. The van der Waals surface area contributed by atoms with Crippen molar-refractivity contribution >= 4 is 23.6 Å². The van der Waals surface area contributed by atoms with Crippen molar-refractivity contribution in [3.8, 4) is 11.8 Å². The van der Waals surface area contributed by atoms with Crippen LogP contribution < -0.4 is 10.1 Å². The fourth-order valence-corrected chi connectivity index (χ4v) is 3.91. The number of ether oxygens (including phenoxy) is 2. The van der Waals surface area contributed by atoms with Gasteiger partial charge in [-0.15, -0.1) is 11.8 Å². The van der Waals surface area contributed by atoms with Crippen molar-refractivity contribution in [2.45, 2.75) is 12.3 Å². The smallest absolute Gasteiger partial charge is 0.337 e. The normalized spacial score (nSPS) is 16.0. The average molecular weight is 408 g/mol. The number of amides is 1. The molecule has 2 aromatic carbocycles. The van der Waals surface area contributed by atoms with Crippen molar-refractivity contribution in [1.29, 1.82) is 5.26 Å². The van der Waals surface area contributed by atoms with Gasteiger partial charge in [-0.05, 0) is 29.8 Å². The monoisotopic (exact) mass is 408 g/mol. The Morgan fingerprint density at radius 1 is 1.21 bits per heavy atom. The quantitative estimate of drug-likeness (QED) is 0.556. The van der Waals surface area contributed by atoms with Crippen LogP contribution in [0.15, 0.2) is 65.2 Å². The molecule has 1 amide bonds. The summed E-state index contributed by atoms with van der Waals surface area (Å²) in [4.78, 5) is 23.8. The van der Waals surface area contributed by atoms with Crippen molar-refractivity contribution in [1.82, 2.24) is 5.32 Å². The number of carbonyl (C=O) groups excluding carboxylic acids is 2. The van der Waals surface area contributed by atoms with Crippen LogP contribution in [0, 0.1) is 11.3 Å². The van der Waals surface area contributed by atoms with Gasteiger partial charge in [0.05, 0.1) is 36.0 Å². The molecule has 6 nitrogen and oxygen atoms in total. The molecule has 1 aliphatic rings. The van der Waals surface area contributed by atoms with Crippen LogP contribution in [0.25, 0.3) is 0 Å². The summed E-state index contributed by atoms with van der Waals surface area (Å²) >= 11 is 1.39. The number of nitrogens with zero attached hydrogens (tertiary/aromatic N) is 1. The molecular weight excluding hydrogens is 388 g/mol. The molecule has 0 bridgehead atoms. The van der Waals surface area contributed by atoms with Crippen molar-refractivity contribution in [3.63, 3.8) is 0 Å². The minimum absolute atomic E-state index is 0.141. The van der Waals surface area contributed by atoms with E-state index in [0.717, 1.165) is 11.3 Å². The zero-order valence-corrected chi connectivity index (χ0v) is 16.7. The molecule has 3 rings (SSSR count). The molecule has 148 valence electrons.